The fourth-order valence-corrected chi connectivity index (χ4v) is 3.65. The summed E-state index contributed by atoms with van der Waals surface area (Å²) in [5.74, 6) is 0.156. The van der Waals surface area contributed by atoms with E-state index in [4.69, 9.17) is 9.47 Å². The molecule has 4 rings (SSSR count). The number of carbonyl (C=O) groups excluding carboxylic acids is 2. The first kappa shape index (κ1) is 25.4. The third-order valence-corrected chi connectivity index (χ3v) is 5.60. The summed E-state index contributed by atoms with van der Waals surface area (Å²) in [7, 11) is 0. The summed E-state index contributed by atoms with van der Waals surface area (Å²) in [5, 5.41) is 5.62. The normalized spacial score (nSPS) is 11.2. The maximum Gasteiger partial charge on any atom is 0.408 e. The Kier molecular flexibility index (Phi) is 9.24. The average Bonchev–Trinajstić information content (AvgIpc) is 2.95. The Morgan fingerprint density at radius 2 is 1.32 bits per heavy atom. The van der Waals surface area contributed by atoms with Crippen molar-refractivity contribution in [3.63, 3.8) is 0 Å². The summed E-state index contributed by atoms with van der Waals surface area (Å²) in [6, 6.07) is 31.5. The summed E-state index contributed by atoms with van der Waals surface area (Å²) < 4.78 is 11.1. The summed E-state index contributed by atoms with van der Waals surface area (Å²) in [4.78, 5) is 29.8. The smallest absolute Gasteiger partial charge is 0.408 e. The zero-order valence-corrected chi connectivity index (χ0v) is 20.4. The Morgan fingerprint density at radius 3 is 1.97 bits per heavy atom. The van der Waals surface area contributed by atoms with Crippen LogP contribution in [-0.2, 0) is 35.7 Å². The van der Waals surface area contributed by atoms with E-state index in [1.807, 2.05) is 97.1 Å². The second-order valence-electron chi connectivity index (χ2n) is 8.44. The second kappa shape index (κ2) is 13.4. The minimum atomic E-state index is -0.804. The van der Waals surface area contributed by atoms with Crippen LogP contribution in [0.2, 0.25) is 0 Å². The summed E-state index contributed by atoms with van der Waals surface area (Å²) in [6.07, 6.45) is 1.32. The van der Waals surface area contributed by atoms with Gasteiger partial charge in [0.15, 0.2) is 0 Å². The molecular weight excluding hydrogens is 466 g/mol. The first-order chi connectivity index (χ1) is 18.2. The fraction of sp³-hybridized carbons (Fsp3) is 0.167. The molecule has 3 aromatic carbocycles. The lowest BCUT2D eigenvalue weighted by molar-refractivity contribution is -0.123. The molecule has 0 aliphatic rings. The molecule has 0 aliphatic heterocycles. The molecule has 7 heteroatoms. The SMILES string of the molecule is O=C(NC(Cc1ccccc1)C(=O)NCc1ccnc(OCc2ccccc2)c1)OCc1ccccc1. The van der Waals surface area contributed by atoms with Crippen LogP contribution in [0.3, 0.4) is 0 Å². The molecule has 37 heavy (non-hydrogen) atoms. The van der Waals surface area contributed by atoms with Crippen LogP contribution in [0, 0.1) is 0 Å². The molecule has 4 aromatic rings. The van der Waals surface area contributed by atoms with Crippen LogP contribution in [0.15, 0.2) is 109 Å². The highest BCUT2D eigenvalue weighted by Crippen LogP contribution is 2.12. The molecule has 7 nitrogen and oxygen atoms in total. The van der Waals surface area contributed by atoms with Gasteiger partial charge < -0.3 is 20.1 Å². The zero-order chi connectivity index (χ0) is 25.7. The van der Waals surface area contributed by atoms with Gasteiger partial charge in [-0.3, -0.25) is 4.79 Å². The van der Waals surface area contributed by atoms with Crippen molar-refractivity contribution < 1.29 is 19.1 Å². The molecule has 0 saturated heterocycles. The van der Waals surface area contributed by atoms with Crippen LogP contribution < -0.4 is 15.4 Å². The van der Waals surface area contributed by atoms with Crippen LogP contribution >= 0.6 is 0 Å². The van der Waals surface area contributed by atoms with Crippen LogP contribution in [0.25, 0.3) is 0 Å². The molecule has 0 saturated carbocycles. The van der Waals surface area contributed by atoms with Gasteiger partial charge in [-0.15, -0.1) is 0 Å². The lowest BCUT2D eigenvalue weighted by Crippen LogP contribution is -2.48. The minimum absolute atomic E-state index is 0.120. The number of rotatable bonds is 11. The van der Waals surface area contributed by atoms with Crippen molar-refractivity contribution in [2.45, 2.75) is 32.2 Å². The number of amides is 2. The number of alkyl carbamates (subject to hydrolysis) is 1. The molecule has 2 N–H and O–H groups in total. The Balaban J connectivity index is 1.34. The predicted octanol–water partition coefficient (Wildman–Crippen LogP) is 4.81. The second-order valence-corrected chi connectivity index (χ2v) is 8.44. The molecule has 0 spiro atoms. The van der Waals surface area contributed by atoms with E-state index in [1.165, 1.54) is 0 Å². The maximum atomic E-state index is 13.1. The van der Waals surface area contributed by atoms with E-state index in [2.05, 4.69) is 15.6 Å². The van der Waals surface area contributed by atoms with Gasteiger partial charge in [0.25, 0.3) is 0 Å². The highest BCUT2D eigenvalue weighted by molar-refractivity contribution is 5.85. The summed E-state index contributed by atoms with van der Waals surface area (Å²) in [6.45, 7) is 0.780. The van der Waals surface area contributed by atoms with Crippen molar-refractivity contribution in [3.05, 3.63) is 132 Å². The van der Waals surface area contributed by atoms with E-state index in [9.17, 15) is 9.59 Å². The first-order valence-electron chi connectivity index (χ1n) is 12.1. The molecule has 188 valence electrons. The number of carbonyl (C=O) groups is 2. The lowest BCUT2D eigenvalue weighted by atomic mass is 10.1. The lowest BCUT2D eigenvalue weighted by Gasteiger charge is -2.19. The van der Waals surface area contributed by atoms with Gasteiger partial charge in [0.2, 0.25) is 11.8 Å². The van der Waals surface area contributed by atoms with Crippen molar-refractivity contribution in [2.75, 3.05) is 0 Å². The van der Waals surface area contributed by atoms with Gasteiger partial charge in [0, 0.05) is 25.2 Å². The van der Waals surface area contributed by atoms with Crippen molar-refractivity contribution in [3.8, 4) is 5.88 Å². The van der Waals surface area contributed by atoms with Crippen molar-refractivity contribution in [2.24, 2.45) is 0 Å². The minimum Gasteiger partial charge on any atom is -0.473 e. The van der Waals surface area contributed by atoms with Crippen LogP contribution in [0.1, 0.15) is 22.3 Å². The van der Waals surface area contributed by atoms with Gasteiger partial charge in [-0.2, -0.15) is 0 Å². The molecule has 1 aromatic heterocycles. The number of ether oxygens (including phenoxy) is 2. The largest absolute Gasteiger partial charge is 0.473 e. The number of nitrogens with zero attached hydrogens (tertiary/aromatic N) is 1. The van der Waals surface area contributed by atoms with Gasteiger partial charge >= 0.3 is 6.09 Å². The number of pyridine rings is 1. The van der Waals surface area contributed by atoms with Crippen LogP contribution in [0.5, 0.6) is 5.88 Å². The number of hydrogen-bond donors (Lipinski definition) is 2. The van der Waals surface area contributed by atoms with Crippen molar-refractivity contribution >= 4 is 12.0 Å². The van der Waals surface area contributed by atoms with Gasteiger partial charge in [-0.25, -0.2) is 9.78 Å². The predicted molar refractivity (Wildman–Crippen MR) is 141 cm³/mol. The van der Waals surface area contributed by atoms with Gasteiger partial charge in [-0.1, -0.05) is 91.0 Å². The van der Waals surface area contributed by atoms with Gasteiger partial charge in [0.05, 0.1) is 0 Å². The monoisotopic (exact) mass is 495 g/mol. The Morgan fingerprint density at radius 1 is 0.730 bits per heavy atom. The molecule has 0 fully saturated rings. The molecule has 1 unspecified atom stereocenters. The molecular formula is C30H29N3O4. The van der Waals surface area contributed by atoms with E-state index in [0.717, 1.165) is 22.3 Å². The van der Waals surface area contributed by atoms with E-state index in [-0.39, 0.29) is 19.1 Å². The zero-order valence-electron chi connectivity index (χ0n) is 20.4. The summed E-state index contributed by atoms with van der Waals surface area (Å²) in [5.41, 5.74) is 3.66. The van der Waals surface area contributed by atoms with Crippen LogP contribution in [-0.4, -0.2) is 23.0 Å². The third-order valence-electron chi connectivity index (χ3n) is 5.60. The highest BCUT2D eigenvalue weighted by Gasteiger charge is 2.22. The number of nitrogens with one attached hydrogen (secondary N) is 2. The number of benzene rings is 3. The fourth-order valence-electron chi connectivity index (χ4n) is 3.65. The highest BCUT2D eigenvalue weighted by atomic mass is 16.5. The Labute approximate surface area is 216 Å². The van der Waals surface area contributed by atoms with E-state index >= 15 is 0 Å². The Bertz CT molecular complexity index is 1270. The molecule has 0 bridgehead atoms. The topological polar surface area (TPSA) is 89.6 Å². The molecule has 0 radical (unpaired) electrons. The van der Waals surface area contributed by atoms with E-state index in [1.54, 1.807) is 12.3 Å². The molecule has 1 heterocycles. The van der Waals surface area contributed by atoms with Crippen molar-refractivity contribution in [1.82, 2.24) is 15.6 Å². The molecule has 2 amide bonds. The number of hydrogen-bond acceptors (Lipinski definition) is 5. The Hall–Kier alpha value is -4.65. The van der Waals surface area contributed by atoms with Gasteiger partial charge in [-0.05, 0) is 28.3 Å². The first-order valence-corrected chi connectivity index (χ1v) is 12.1. The van der Waals surface area contributed by atoms with E-state index in [0.29, 0.717) is 18.9 Å². The standard InChI is InChI=1S/C30H29N3O4/c34-29(32-20-26-16-17-31-28(19-26)36-21-24-12-6-2-7-13-24)27(18-23-10-4-1-5-11-23)33-30(35)37-22-25-14-8-3-9-15-25/h1-17,19,27H,18,20-22H2,(H,32,34)(H,33,35). The molecule has 1 atom stereocenters. The number of aromatic nitrogens is 1. The maximum absolute atomic E-state index is 13.1. The quantitative estimate of drug-likeness (QED) is 0.312. The van der Waals surface area contributed by atoms with E-state index < -0.39 is 12.1 Å². The third kappa shape index (κ3) is 8.50. The summed E-state index contributed by atoms with van der Waals surface area (Å²) >= 11 is 0. The average molecular weight is 496 g/mol. The van der Waals surface area contributed by atoms with Gasteiger partial charge in [0.1, 0.15) is 19.3 Å². The van der Waals surface area contributed by atoms with Crippen molar-refractivity contribution in [1.29, 1.82) is 0 Å². The van der Waals surface area contributed by atoms with Crippen LogP contribution in [0.4, 0.5) is 4.79 Å². The molecule has 0 aliphatic carbocycles.